The number of rotatable bonds is 9. The SMILES string of the molecule is CCOC(=O)CCS(=O)(=O)NC(CC)CCO. The number of sulfonamides is 1. The van der Waals surface area contributed by atoms with Crippen molar-refractivity contribution in [2.24, 2.45) is 0 Å². The second-order valence-corrected chi connectivity index (χ2v) is 5.48. The van der Waals surface area contributed by atoms with Crippen molar-refractivity contribution in [2.45, 2.75) is 39.2 Å². The molecule has 17 heavy (non-hydrogen) atoms. The van der Waals surface area contributed by atoms with Crippen LogP contribution in [0.5, 0.6) is 0 Å². The topological polar surface area (TPSA) is 92.7 Å². The van der Waals surface area contributed by atoms with E-state index >= 15 is 0 Å². The number of hydrogen-bond acceptors (Lipinski definition) is 5. The molecule has 0 heterocycles. The van der Waals surface area contributed by atoms with Crippen molar-refractivity contribution in [3.63, 3.8) is 0 Å². The molecule has 1 unspecified atom stereocenters. The summed E-state index contributed by atoms with van der Waals surface area (Å²) in [4.78, 5) is 11.0. The molecule has 1 atom stereocenters. The predicted octanol–water partition coefficient (Wildman–Crippen LogP) is 0.0200. The van der Waals surface area contributed by atoms with Crippen LogP contribution in [0.3, 0.4) is 0 Å². The first-order valence-electron chi connectivity index (χ1n) is 5.71. The molecule has 0 aliphatic rings. The molecule has 0 aromatic carbocycles. The van der Waals surface area contributed by atoms with Gasteiger partial charge in [0.25, 0.3) is 0 Å². The Labute approximate surface area is 102 Å². The van der Waals surface area contributed by atoms with Gasteiger partial charge < -0.3 is 9.84 Å². The van der Waals surface area contributed by atoms with Gasteiger partial charge in [-0.15, -0.1) is 0 Å². The molecule has 0 saturated heterocycles. The Morgan fingerprint density at radius 2 is 2.06 bits per heavy atom. The molecule has 7 heteroatoms. The maximum atomic E-state index is 11.6. The minimum atomic E-state index is -3.49. The summed E-state index contributed by atoms with van der Waals surface area (Å²) >= 11 is 0. The minimum absolute atomic E-state index is 0.0705. The first kappa shape index (κ1) is 16.3. The van der Waals surface area contributed by atoms with Crippen LogP contribution in [0.2, 0.25) is 0 Å². The fraction of sp³-hybridized carbons (Fsp3) is 0.900. The monoisotopic (exact) mass is 267 g/mol. The Bertz CT molecular complexity index is 315. The normalized spacial score (nSPS) is 13.4. The van der Waals surface area contributed by atoms with Crippen molar-refractivity contribution in [1.29, 1.82) is 0 Å². The van der Waals surface area contributed by atoms with Gasteiger partial charge in [-0.05, 0) is 19.8 Å². The Kier molecular flexibility index (Phi) is 8.11. The average molecular weight is 267 g/mol. The van der Waals surface area contributed by atoms with Gasteiger partial charge in [0.1, 0.15) is 0 Å². The summed E-state index contributed by atoms with van der Waals surface area (Å²) in [5, 5.41) is 8.74. The van der Waals surface area contributed by atoms with E-state index in [2.05, 4.69) is 9.46 Å². The van der Waals surface area contributed by atoms with E-state index in [1.165, 1.54) is 0 Å². The van der Waals surface area contributed by atoms with Crippen LogP contribution in [0.4, 0.5) is 0 Å². The molecule has 6 nitrogen and oxygen atoms in total. The van der Waals surface area contributed by atoms with Crippen molar-refractivity contribution in [3.05, 3.63) is 0 Å². The second kappa shape index (κ2) is 8.43. The summed E-state index contributed by atoms with van der Waals surface area (Å²) in [7, 11) is -3.49. The van der Waals surface area contributed by atoms with Crippen LogP contribution in [0.15, 0.2) is 0 Å². The van der Waals surface area contributed by atoms with E-state index < -0.39 is 16.0 Å². The van der Waals surface area contributed by atoms with Crippen molar-refractivity contribution in [3.8, 4) is 0 Å². The van der Waals surface area contributed by atoms with E-state index in [0.29, 0.717) is 12.8 Å². The van der Waals surface area contributed by atoms with Crippen LogP contribution in [0.1, 0.15) is 33.1 Å². The molecule has 0 amide bonds. The highest BCUT2D eigenvalue weighted by Gasteiger charge is 2.17. The number of carbonyl (C=O) groups excluding carboxylic acids is 1. The molecule has 0 aliphatic carbocycles. The largest absolute Gasteiger partial charge is 0.466 e. The lowest BCUT2D eigenvalue weighted by atomic mass is 10.2. The third-order valence-corrected chi connectivity index (χ3v) is 3.63. The summed E-state index contributed by atoms with van der Waals surface area (Å²) in [6.45, 7) is 3.67. The number of carbonyl (C=O) groups is 1. The van der Waals surface area contributed by atoms with Gasteiger partial charge in [0.05, 0.1) is 18.8 Å². The maximum Gasteiger partial charge on any atom is 0.306 e. The lowest BCUT2D eigenvalue weighted by Crippen LogP contribution is -2.37. The zero-order valence-electron chi connectivity index (χ0n) is 10.3. The van der Waals surface area contributed by atoms with Gasteiger partial charge in [-0.3, -0.25) is 4.79 Å². The van der Waals surface area contributed by atoms with Gasteiger partial charge in [0.15, 0.2) is 0 Å². The number of ether oxygens (including phenoxy) is 1. The Morgan fingerprint density at radius 1 is 1.41 bits per heavy atom. The van der Waals surface area contributed by atoms with Crippen molar-refractivity contribution < 1.29 is 23.1 Å². The highest BCUT2D eigenvalue weighted by Crippen LogP contribution is 2.01. The Hall–Kier alpha value is -0.660. The molecule has 0 aromatic heterocycles. The van der Waals surface area contributed by atoms with E-state index in [0.717, 1.165) is 0 Å². The number of nitrogens with one attached hydrogen (secondary N) is 1. The lowest BCUT2D eigenvalue weighted by Gasteiger charge is -2.15. The van der Waals surface area contributed by atoms with Gasteiger partial charge in [-0.1, -0.05) is 6.92 Å². The van der Waals surface area contributed by atoms with Gasteiger partial charge in [-0.2, -0.15) is 0 Å². The van der Waals surface area contributed by atoms with Crippen molar-refractivity contribution in [2.75, 3.05) is 19.0 Å². The number of esters is 1. The molecule has 0 aliphatic heterocycles. The van der Waals surface area contributed by atoms with Crippen LogP contribution in [-0.2, 0) is 19.6 Å². The number of aliphatic hydroxyl groups is 1. The van der Waals surface area contributed by atoms with Gasteiger partial charge >= 0.3 is 5.97 Å². The molecule has 0 aromatic rings. The van der Waals surface area contributed by atoms with E-state index in [4.69, 9.17) is 5.11 Å². The summed E-state index contributed by atoms with van der Waals surface area (Å²) in [6.07, 6.45) is 0.813. The molecular formula is C10H21NO5S. The zero-order valence-corrected chi connectivity index (χ0v) is 11.1. The molecule has 0 bridgehead atoms. The van der Waals surface area contributed by atoms with Crippen LogP contribution in [-0.4, -0.2) is 44.5 Å². The van der Waals surface area contributed by atoms with E-state index in [9.17, 15) is 13.2 Å². The molecule has 0 spiro atoms. The van der Waals surface area contributed by atoms with E-state index in [1.807, 2.05) is 6.92 Å². The highest BCUT2D eigenvalue weighted by molar-refractivity contribution is 7.89. The molecule has 2 N–H and O–H groups in total. The van der Waals surface area contributed by atoms with E-state index in [-0.39, 0.29) is 31.4 Å². The van der Waals surface area contributed by atoms with Crippen molar-refractivity contribution in [1.82, 2.24) is 4.72 Å². The molecule has 0 radical (unpaired) electrons. The fourth-order valence-corrected chi connectivity index (χ4v) is 2.61. The number of aliphatic hydroxyl groups excluding tert-OH is 1. The summed E-state index contributed by atoms with van der Waals surface area (Å²) in [6, 6.07) is -0.285. The first-order valence-corrected chi connectivity index (χ1v) is 7.36. The van der Waals surface area contributed by atoms with E-state index in [1.54, 1.807) is 6.92 Å². The van der Waals surface area contributed by atoms with Gasteiger partial charge in [0, 0.05) is 12.6 Å². The van der Waals surface area contributed by atoms with Gasteiger partial charge in [0.2, 0.25) is 10.0 Å². The second-order valence-electron chi connectivity index (χ2n) is 3.61. The average Bonchev–Trinajstić information content (AvgIpc) is 2.26. The predicted molar refractivity (Wildman–Crippen MR) is 64.0 cm³/mol. The third kappa shape index (κ3) is 8.12. The minimum Gasteiger partial charge on any atom is -0.466 e. The lowest BCUT2D eigenvalue weighted by molar-refractivity contribution is -0.142. The van der Waals surface area contributed by atoms with Crippen molar-refractivity contribution >= 4 is 16.0 Å². The Balaban J connectivity index is 4.14. The molecule has 0 saturated carbocycles. The summed E-state index contributed by atoms with van der Waals surface area (Å²) in [5.74, 6) is -0.804. The van der Waals surface area contributed by atoms with Crippen LogP contribution in [0.25, 0.3) is 0 Å². The van der Waals surface area contributed by atoms with Crippen LogP contribution >= 0.6 is 0 Å². The van der Waals surface area contributed by atoms with Crippen LogP contribution < -0.4 is 4.72 Å². The summed E-state index contributed by atoms with van der Waals surface area (Å²) < 4.78 is 30.3. The third-order valence-electron chi connectivity index (χ3n) is 2.20. The smallest absolute Gasteiger partial charge is 0.306 e. The maximum absolute atomic E-state index is 11.6. The fourth-order valence-electron chi connectivity index (χ4n) is 1.27. The van der Waals surface area contributed by atoms with Crippen LogP contribution in [0, 0.1) is 0 Å². The molecule has 0 fully saturated rings. The number of hydrogen-bond donors (Lipinski definition) is 2. The standard InChI is InChI=1S/C10H21NO5S/c1-3-9(5-7-12)11-17(14,15)8-6-10(13)16-4-2/h9,11-12H,3-8H2,1-2H3. The highest BCUT2D eigenvalue weighted by atomic mass is 32.2. The Morgan fingerprint density at radius 3 is 2.53 bits per heavy atom. The summed E-state index contributed by atoms with van der Waals surface area (Å²) in [5.41, 5.74) is 0. The first-order chi connectivity index (χ1) is 7.95. The molecular weight excluding hydrogens is 246 g/mol. The zero-order chi connectivity index (χ0) is 13.3. The molecule has 0 rings (SSSR count). The molecule has 102 valence electrons. The van der Waals surface area contributed by atoms with Gasteiger partial charge in [-0.25, -0.2) is 13.1 Å². The quantitative estimate of drug-likeness (QED) is 0.574.